The molecule has 0 aromatic heterocycles. The quantitative estimate of drug-likeness (QED) is 0.482. The van der Waals surface area contributed by atoms with E-state index >= 15 is 4.39 Å². The third-order valence-corrected chi connectivity index (χ3v) is 5.97. The number of alkyl halides is 1. The van der Waals surface area contributed by atoms with Crippen molar-refractivity contribution >= 4 is 23.2 Å². The van der Waals surface area contributed by atoms with Gasteiger partial charge in [-0.25, -0.2) is 4.39 Å². The van der Waals surface area contributed by atoms with Crippen molar-refractivity contribution < 1.29 is 9.18 Å². The number of carbonyl (C=O) groups is 1. The SMILES string of the molecule is Cc1ccccc1NC(=O)c1ccc(CCC2(F)CC2c2ccc(Cl)cc2)cc1. The summed E-state index contributed by atoms with van der Waals surface area (Å²) in [7, 11) is 0. The van der Waals surface area contributed by atoms with Crippen molar-refractivity contribution in [2.45, 2.75) is 37.8 Å². The minimum Gasteiger partial charge on any atom is -0.322 e. The van der Waals surface area contributed by atoms with Crippen LogP contribution in [0.1, 0.15) is 45.8 Å². The zero-order valence-corrected chi connectivity index (χ0v) is 17.0. The Morgan fingerprint density at radius 3 is 2.45 bits per heavy atom. The van der Waals surface area contributed by atoms with Gasteiger partial charge in [0.25, 0.3) is 5.91 Å². The van der Waals surface area contributed by atoms with Gasteiger partial charge in [0.1, 0.15) is 5.67 Å². The first-order valence-corrected chi connectivity index (χ1v) is 10.2. The second-order valence-corrected chi connectivity index (χ2v) is 8.25. The zero-order valence-electron chi connectivity index (χ0n) is 16.3. The monoisotopic (exact) mass is 407 g/mol. The molecule has 1 amide bonds. The Bertz CT molecular complexity index is 1020. The van der Waals surface area contributed by atoms with Crippen molar-refractivity contribution in [2.24, 2.45) is 0 Å². The van der Waals surface area contributed by atoms with Crippen molar-refractivity contribution in [2.75, 3.05) is 5.32 Å². The summed E-state index contributed by atoms with van der Waals surface area (Å²) in [5.74, 6) is -0.184. The Balaban J connectivity index is 1.33. The van der Waals surface area contributed by atoms with Crippen molar-refractivity contribution in [3.8, 4) is 0 Å². The van der Waals surface area contributed by atoms with Gasteiger partial charge < -0.3 is 5.32 Å². The van der Waals surface area contributed by atoms with Gasteiger partial charge in [0.15, 0.2) is 0 Å². The van der Waals surface area contributed by atoms with Gasteiger partial charge in [0, 0.05) is 22.2 Å². The predicted octanol–water partition coefficient (Wildman–Crippen LogP) is 6.73. The van der Waals surface area contributed by atoms with Crippen LogP contribution in [0.15, 0.2) is 72.8 Å². The van der Waals surface area contributed by atoms with Gasteiger partial charge in [-0.1, -0.05) is 54.1 Å². The third kappa shape index (κ3) is 4.51. The molecule has 0 spiro atoms. The summed E-state index contributed by atoms with van der Waals surface area (Å²) in [6, 6.07) is 22.6. The van der Waals surface area contributed by atoms with E-state index in [1.807, 2.05) is 67.6 Å². The molecule has 29 heavy (non-hydrogen) atoms. The second kappa shape index (κ2) is 8.00. The molecule has 4 rings (SSSR count). The van der Waals surface area contributed by atoms with Crippen molar-refractivity contribution in [3.63, 3.8) is 0 Å². The molecule has 0 bridgehead atoms. The normalized spacial score (nSPS) is 20.3. The number of hydrogen-bond donors (Lipinski definition) is 1. The highest BCUT2D eigenvalue weighted by atomic mass is 35.5. The van der Waals surface area contributed by atoms with Gasteiger partial charge in [-0.15, -0.1) is 0 Å². The van der Waals surface area contributed by atoms with Crippen LogP contribution >= 0.6 is 11.6 Å². The Kier molecular flexibility index (Phi) is 5.42. The first-order valence-electron chi connectivity index (χ1n) is 9.85. The lowest BCUT2D eigenvalue weighted by atomic mass is 10.0. The van der Waals surface area contributed by atoms with Crippen LogP contribution in [-0.2, 0) is 6.42 Å². The molecule has 0 saturated heterocycles. The van der Waals surface area contributed by atoms with Crippen LogP contribution in [0.5, 0.6) is 0 Å². The molecule has 0 aliphatic heterocycles. The van der Waals surface area contributed by atoms with E-state index in [9.17, 15) is 4.79 Å². The topological polar surface area (TPSA) is 29.1 Å². The number of carbonyl (C=O) groups excluding carboxylic acids is 1. The lowest BCUT2D eigenvalue weighted by Crippen LogP contribution is -2.12. The Labute approximate surface area is 175 Å². The fourth-order valence-corrected chi connectivity index (χ4v) is 3.88. The number of amides is 1. The predicted molar refractivity (Wildman–Crippen MR) is 117 cm³/mol. The third-order valence-electron chi connectivity index (χ3n) is 5.72. The number of benzene rings is 3. The van der Waals surface area contributed by atoms with Crippen LogP contribution in [-0.4, -0.2) is 11.6 Å². The van der Waals surface area contributed by atoms with Crippen LogP contribution in [0, 0.1) is 6.92 Å². The van der Waals surface area contributed by atoms with Crippen molar-refractivity contribution in [3.05, 3.63) is 100 Å². The number of rotatable bonds is 6. The molecule has 1 saturated carbocycles. The summed E-state index contributed by atoms with van der Waals surface area (Å²) >= 11 is 5.91. The minimum absolute atomic E-state index is 0.0427. The summed E-state index contributed by atoms with van der Waals surface area (Å²) in [4.78, 5) is 12.4. The molecule has 2 nitrogen and oxygen atoms in total. The summed E-state index contributed by atoms with van der Waals surface area (Å²) in [5.41, 5.74) is 3.33. The molecular weight excluding hydrogens is 385 g/mol. The second-order valence-electron chi connectivity index (χ2n) is 7.81. The van der Waals surface area contributed by atoms with E-state index in [0.29, 0.717) is 29.8 Å². The highest BCUT2D eigenvalue weighted by Crippen LogP contribution is 2.57. The zero-order chi connectivity index (χ0) is 20.4. The van der Waals surface area contributed by atoms with Gasteiger partial charge >= 0.3 is 0 Å². The Morgan fingerprint density at radius 2 is 1.76 bits per heavy atom. The van der Waals surface area contributed by atoms with Crippen LogP contribution in [0.2, 0.25) is 5.02 Å². The van der Waals surface area contributed by atoms with Gasteiger partial charge in [0.2, 0.25) is 0 Å². The molecule has 4 heteroatoms. The molecule has 3 aromatic rings. The molecule has 1 aliphatic rings. The average molecular weight is 408 g/mol. The molecule has 1 N–H and O–H groups in total. The Hall–Kier alpha value is -2.65. The maximum absolute atomic E-state index is 15.0. The van der Waals surface area contributed by atoms with Crippen LogP contribution in [0.4, 0.5) is 10.1 Å². The van der Waals surface area contributed by atoms with E-state index in [-0.39, 0.29) is 11.8 Å². The maximum Gasteiger partial charge on any atom is 0.255 e. The fourth-order valence-electron chi connectivity index (χ4n) is 3.75. The average Bonchev–Trinajstić information content (AvgIpc) is 3.41. The molecule has 148 valence electrons. The molecule has 1 aliphatic carbocycles. The van der Waals surface area contributed by atoms with Gasteiger partial charge in [-0.2, -0.15) is 0 Å². The molecular formula is C25H23ClFNO. The molecule has 2 atom stereocenters. The van der Waals surface area contributed by atoms with Crippen LogP contribution < -0.4 is 5.32 Å². The number of nitrogens with one attached hydrogen (secondary N) is 1. The lowest BCUT2D eigenvalue weighted by molar-refractivity contribution is 0.102. The van der Waals surface area contributed by atoms with Gasteiger partial charge in [-0.05, 0) is 73.2 Å². The van der Waals surface area contributed by atoms with E-state index < -0.39 is 5.67 Å². The summed E-state index contributed by atoms with van der Waals surface area (Å²) in [6.07, 6.45) is 1.70. The van der Waals surface area contributed by atoms with Crippen molar-refractivity contribution in [1.29, 1.82) is 0 Å². The molecule has 1 fully saturated rings. The van der Waals surface area contributed by atoms with E-state index in [4.69, 9.17) is 11.6 Å². The van der Waals surface area contributed by atoms with Crippen LogP contribution in [0.25, 0.3) is 0 Å². The minimum atomic E-state index is -1.14. The number of anilines is 1. The van der Waals surface area contributed by atoms with E-state index in [0.717, 1.165) is 22.4 Å². The molecule has 2 unspecified atom stereocenters. The molecule has 0 radical (unpaired) electrons. The van der Waals surface area contributed by atoms with Crippen molar-refractivity contribution in [1.82, 2.24) is 0 Å². The highest BCUT2D eigenvalue weighted by Gasteiger charge is 2.55. The first kappa shape index (κ1) is 19.7. The maximum atomic E-state index is 15.0. The van der Waals surface area contributed by atoms with E-state index in [1.165, 1.54) is 0 Å². The van der Waals surface area contributed by atoms with E-state index in [1.54, 1.807) is 12.1 Å². The number of para-hydroxylation sites is 1. The molecule has 0 heterocycles. The molecule has 3 aromatic carbocycles. The number of hydrogen-bond acceptors (Lipinski definition) is 1. The highest BCUT2D eigenvalue weighted by molar-refractivity contribution is 6.30. The fraction of sp³-hybridized carbons (Fsp3) is 0.240. The van der Waals surface area contributed by atoms with Gasteiger partial charge in [-0.3, -0.25) is 4.79 Å². The smallest absolute Gasteiger partial charge is 0.255 e. The van der Waals surface area contributed by atoms with Crippen LogP contribution in [0.3, 0.4) is 0 Å². The largest absolute Gasteiger partial charge is 0.322 e. The lowest BCUT2D eigenvalue weighted by Gasteiger charge is -2.10. The Morgan fingerprint density at radius 1 is 1.07 bits per heavy atom. The first-order chi connectivity index (χ1) is 13.9. The summed E-state index contributed by atoms with van der Waals surface area (Å²) in [5, 5.41) is 3.60. The summed E-state index contributed by atoms with van der Waals surface area (Å²) < 4.78 is 15.0. The standard InChI is InChI=1S/C25H23ClFNO/c1-17-4-2-3-5-23(17)28-24(29)20-8-6-18(7-9-20)14-15-25(27)16-22(25)19-10-12-21(26)13-11-19/h2-13,22H,14-16H2,1H3,(H,28,29). The van der Waals surface area contributed by atoms with Gasteiger partial charge in [0.05, 0.1) is 0 Å². The number of halogens is 2. The summed E-state index contributed by atoms with van der Waals surface area (Å²) in [6.45, 7) is 1.96. The van der Waals surface area contributed by atoms with E-state index in [2.05, 4.69) is 5.32 Å². The number of aryl methyl sites for hydroxylation is 2.